The number of hydrogen-bond acceptors (Lipinski definition) is 4. The molecule has 1 aromatic heterocycles. The van der Waals surface area contributed by atoms with Crippen molar-refractivity contribution >= 4 is 5.69 Å². The van der Waals surface area contributed by atoms with Gasteiger partial charge in [-0.1, -0.05) is 0 Å². The van der Waals surface area contributed by atoms with E-state index in [4.69, 9.17) is 5.84 Å². The Morgan fingerprint density at radius 3 is 2.78 bits per heavy atom. The summed E-state index contributed by atoms with van der Waals surface area (Å²) in [6.07, 6.45) is 2.21. The maximum atomic E-state index is 9.91. The molecule has 0 aliphatic rings. The minimum atomic E-state index is -0.559. The molecule has 1 rings (SSSR count). The van der Waals surface area contributed by atoms with E-state index in [1.807, 2.05) is 0 Å². The number of hydrogen-bond donors (Lipinski definition) is 1. The van der Waals surface area contributed by atoms with Gasteiger partial charge in [-0.25, -0.2) is 0 Å². The van der Waals surface area contributed by atoms with Crippen molar-refractivity contribution in [3.05, 3.63) is 22.5 Å². The highest BCUT2D eigenvalue weighted by Gasteiger charge is 2.05. The van der Waals surface area contributed by atoms with Gasteiger partial charge in [-0.2, -0.15) is 9.89 Å². The maximum Gasteiger partial charge on any atom is 0.309 e. The highest BCUT2D eigenvalue weighted by atomic mass is 16.6. The Hall–Kier alpha value is -1.59. The second-order valence-electron chi connectivity index (χ2n) is 1.44. The summed E-state index contributed by atoms with van der Waals surface area (Å²) in [5.74, 6) is 5.02. The van der Waals surface area contributed by atoms with Crippen molar-refractivity contribution in [1.29, 1.82) is 0 Å². The smallest absolute Gasteiger partial charge is 0.309 e. The minimum Gasteiger partial charge on any atom is -0.323 e. The third-order valence-corrected chi connectivity index (χ3v) is 0.799. The molecule has 48 valence electrons. The van der Waals surface area contributed by atoms with E-state index in [2.05, 4.69) is 5.10 Å². The largest absolute Gasteiger partial charge is 0.323 e. The van der Waals surface area contributed by atoms with Gasteiger partial charge in [0, 0.05) is 0 Å². The molecule has 0 saturated carbocycles. The molecule has 0 atom stereocenters. The SMILES string of the molecule is Nn1cc([N+](=O)[O-])cn1. The van der Waals surface area contributed by atoms with Crippen molar-refractivity contribution < 1.29 is 4.92 Å². The molecule has 0 bridgehead atoms. The van der Waals surface area contributed by atoms with Crippen LogP contribution in [0.25, 0.3) is 0 Å². The lowest BCUT2D eigenvalue weighted by Crippen LogP contribution is -2.07. The summed E-state index contributed by atoms with van der Waals surface area (Å²) in [5.41, 5.74) is -0.0995. The summed E-state index contributed by atoms with van der Waals surface area (Å²) in [7, 11) is 0. The van der Waals surface area contributed by atoms with Crippen molar-refractivity contribution in [2.24, 2.45) is 0 Å². The predicted octanol–water partition coefficient (Wildman–Crippen LogP) is -0.495. The van der Waals surface area contributed by atoms with Crippen LogP contribution >= 0.6 is 0 Å². The van der Waals surface area contributed by atoms with Crippen LogP contribution in [-0.2, 0) is 0 Å². The van der Waals surface area contributed by atoms with Crippen molar-refractivity contribution in [2.45, 2.75) is 0 Å². The molecule has 0 aliphatic heterocycles. The van der Waals surface area contributed by atoms with Crippen LogP contribution in [0, 0.1) is 10.1 Å². The first-order valence-corrected chi connectivity index (χ1v) is 2.14. The van der Waals surface area contributed by atoms with Crippen molar-refractivity contribution in [2.75, 3.05) is 5.84 Å². The normalized spacial score (nSPS) is 9.33. The highest BCUT2D eigenvalue weighted by molar-refractivity contribution is 5.20. The number of nitrogen functional groups attached to an aromatic ring is 1. The fourth-order valence-corrected chi connectivity index (χ4v) is 0.422. The Morgan fingerprint density at radius 1 is 1.89 bits per heavy atom. The Morgan fingerprint density at radius 2 is 2.56 bits per heavy atom. The molecule has 6 heteroatoms. The van der Waals surface area contributed by atoms with Gasteiger partial charge < -0.3 is 5.84 Å². The number of rotatable bonds is 1. The second-order valence-corrected chi connectivity index (χ2v) is 1.44. The monoisotopic (exact) mass is 128 g/mol. The summed E-state index contributed by atoms with van der Waals surface area (Å²) in [6, 6.07) is 0. The van der Waals surface area contributed by atoms with Gasteiger partial charge >= 0.3 is 5.69 Å². The van der Waals surface area contributed by atoms with Crippen LogP contribution in [0.5, 0.6) is 0 Å². The number of nitro groups is 1. The zero-order valence-electron chi connectivity index (χ0n) is 4.39. The molecule has 2 N–H and O–H groups in total. The summed E-state index contributed by atoms with van der Waals surface area (Å²) >= 11 is 0. The molecular weight excluding hydrogens is 124 g/mol. The molecule has 9 heavy (non-hydrogen) atoms. The van der Waals surface area contributed by atoms with Crippen LogP contribution in [0.3, 0.4) is 0 Å². The first-order chi connectivity index (χ1) is 4.20. The first kappa shape index (κ1) is 5.54. The topological polar surface area (TPSA) is 87.0 Å². The number of nitrogens with two attached hydrogens (primary N) is 1. The van der Waals surface area contributed by atoms with Gasteiger partial charge in [-0.15, -0.1) is 0 Å². The van der Waals surface area contributed by atoms with E-state index in [-0.39, 0.29) is 5.69 Å². The van der Waals surface area contributed by atoms with E-state index < -0.39 is 4.92 Å². The third kappa shape index (κ3) is 0.958. The van der Waals surface area contributed by atoms with Crippen LogP contribution in [-0.4, -0.2) is 14.8 Å². The average molecular weight is 128 g/mol. The summed E-state index contributed by atoms with van der Waals surface area (Å²) in [4.78, 5) is 10.2. The van der Waals surface area contributed by atoms with Gasteiger partial charge in [0.25, 0.3) is 0 Å². The maximum absolute atomic E-state index is 9.91. The van der Waals surface area contributed by atoms with E-state index >= 15 is 0 Å². The fourth-order valence-electron chi connectivity index (χ4n) is 0.422. The highest BCUT2D eigenvalue weighted by Crippen LogP contribution is 2.04. The van der Waals surface area contributed by atoms with Gasteiger partial charge in [0.2, 0.25) is 0 Å². The number of nitrogens with zero attached hydrogens (tertiary/aromatic N) is 3. The van der Waals surface area contributed by atoms with E-state index in [9.17, 15) is 10.1 Å². The lowest BCUT2D eigenvalue weighted by Gasteiger charge is -1.80. The van der Waals surface area contributed by atoms with Crippen LogP contribution in [0.2, 0.25) is 0 Å². The third-order valence-electron chi connectivity index (χ3n) is 0.799. The standard InChI is InChI=1S/C3H4N4O2/c4-6-2-3(1-5-6)7(8)9/h1-2H,4H2. The molecule has 0 saturated heterocycles. The molecule has 0 aromatic carbocycles. The Labute approximate surface area is 50.0 Å². The lowest BCUT2D eigenvalue weighted by atomic mass is 10.6. The van der Waals surface area contributed by atoms with E-state index in [1.165, 1.54) is 0 Å². The fraction of sp³-hybridized carbons (Fsp3) is 0. The number of aromatic nitrogens is 2. The van der Waals surface area contributed by atoms with E-state index in [1.54, 1.807) is 0 Å². The van der Waals surface area contributed by atoms with Crippen LogP contribution in [0.4, 0.5) is 5.69 Å². The van der Waals surface area contributed by atoms with Crippen molar-refractivity contribution in [3.8, 4) is 0 Å². The van der Waals surface area contributed by atoms with Crippen LogP contribution in [0.15, 0.2) is 12.4 Å². The molecule has 0 radical (unpaired) electrons. The van der Waals surface area contributed by atoms with Gasteiger partial charge in [-0.3, -0.25) is 10.1 Å². The molecule has 0 unspecified atom stereocenters. The summed E-state index contributed by atoms with van der Waals surface area (Å²) in [5, 5.41) is 13.3. The van der Waals surface area contributed by atoms with E-state index in [0.717, 1.165) is 17.2 Å². The Kier molecular flexibility index (Phi) is 1.07. The molecule has 6 nitrogen and oxygen atoms in total. The van der Waals surface area contributed by atoms with Gasteiger partial charge in [-0.05, 0) is 0 Å². The second kappa shape index (κ2) is 1.73. The molecule has 0 fully saturated rings. The zero-order valence-corrected chi connectivity index (χ0v) is 4.39. The van der Waals surface area contributed by atoms with Crippen molar-refractivity contribution in [3.63, 3.8) is 0 Å². The van der Waals surface area contributed by atoms with Gasteiger partial charge in [0.05, 0.1) is 4.92 Å². The predicted molar refractivity (Wildman–Crippen MR) is 29.0 cm³/mol. The molecule has 1 aromatic rings. The Bertz CT molecular complexity index is 229. The lowest BCUT2D eigenvalue weighted by molar-refractivity contribution is -0.384. The Balaban J connectivity index is 2.98. The molecular formula is C3H4N4O2. The van der Waals surface area contributed by atoms with Gasteiger partial charge in [0.1, 0.15) is 12.4 Å². The first-order valence-electron chi connectivity index (χ1n) is 2.14. The minimum absolute atomic E-state index is 0.0995. The van der Waals surface area contributed by atoms with Crippen LogP contribution in [0.1, 0.15) is 0 Å². The van der Waals surface area contributed by atoms with Crippen molar-refractivity contribution in [1.82, 2.24) is 9.89 Å². The van der Waals surface area contributed by atoms with Gasteiger partial charge in [0.15, 0.2) is 0 Å². The summed E-state index contributed by atoms with van der Waals surface area (Å²) < 4.78 is 0. The van der Waals surface area contributed by atoms with E-state index in [0.29, 0.717) is 0 Å². The average Bonchev–Trinajstić information content (AvgIpc) is 2.14. The van der Waals surface area contributed by atoms with Crippen LogP contribution < -0.4 is 5.84 Å². The zero-order chi connectivity index (χ0) is 6.85. The molecule has 0 amide bonds. The summed E-state index contributed by atoms with van der Waals surface area (Å²) in [6.45, 7) is 0. The molecule has 1 heterocycles. The quantitative estimate of drug-likeness (QED) is 0.314. The molecule has 0 spiro atoms. The molecule has 0 aliphatic carbocycles.